The number of carboxylic acids is 1. The summed E-state index contributed by atoms with van der Waals surface area (Å²) in [4.78, 5) is 24.0. The Morgan fingerprint density at radius 1 is 1.39 bits per heavy atom. The van der Waals surface area contributed by atoms with E-state index in [1.807, 2.05) is 0 Å². The Hall–Kier alpha value is -2.24. The van der Waals surface area contributed by atoms with E-state index in [0.29, 0.717) is 0 Å². The first-order valence-electron chi connectivity index (χ1n) is 5.59. The topological polar surface area (TPSA) is 89.9 Å². The highest BCUT2D eigenvalue weighted by Crippen LogP contribution is 2.28. The Morgan fingerprint density at radius 2 is 2.06 bits per heavy atom. The maximum atomic E-state index is 11.8. The van der Waals surface area contributed by atoms with Crippen molar-refractivity contribution >= 4 is 17.7 Å². The fraction of sp³-hybridized carbons (Fsp3) is 0.333. The number of rotatable bonds is 3. The van der Waals surface area contributed by atoms with Crippen molar-refractivity contribution in [3.8, 4) is 5.75 Å². The van der Waals surface area contributed by atoms with Crippen molar-refractivity contribution in [1.29, 1.82) is 0 Å². The molecule has 2 rings (SSSR count). The summed E-state index contributed by atoms with van der Waals surface area (Å²) in [7, 11) is 1.69. The lowest BCUT2D eigenvalue weighted by Gasteiger charge is -2.17. The molecule has 6 heteroatoms. The number of carboxylic acid groups (broad SMARTS) is 1. The number of aromatic hydroxyl groups is 1. The van der Waals surface area contributed by atoms with Crippen molar-refractivity contribution < 1.29 is 19.8 Å². The van der Waals surface area contributed by atoms with Crippen LogP contribution in [0.1, 0.15) is 23.2 Å². The first kappa shape index (κ1) is 12.2. The largest absolute Gasteiger partial charge is 0.506 e. The van der Waals surface area contributed by atoms with Crippen LogP contribution in [0.4, 0.5) is 10.5 Å². The number of benzene rings is 1. The molecule has 1 fully saturated rings. The van der Waals surface area contributed by atoms with Gasteiger partial charge < -0.3 is 20.4 Å². The number of nitrogens with one attached hydrogen (secondary N) is 1. The zero-order chi connectivity index (χ0) is 13.3. The number of carbonyl (C=O) groups is 2. The molecule has 1 saturated carbocycles. The maximum absolute atomic E-state index is 11.8. The van der Waals surface area contributed by atoms with Crippen molar-refractivity contribution in [3.05, 3.63) is 23.8 Å². The van der Waals surface area contributed by atoms with Gasteiger partial charge in [0.2, 0.25) is 0 Å². The van der Waals surface area contributed by atoms with Crippen LogP contribution in [0, 0.1) is 0 Å². The molecule has 3 N–H and O–H groups in total. The SMILES string of the molecule is CN(C(=O)Nc1ccc(C(=O)O)cc1O)C1CC1. The first-order valence-corrected chi connectivity index (χ1v) is 5.59. The minimum absolute atomic E-state index is 0.0268. The molecule has 0 spiro atoms. The van der Waals surface area contributed by atoms with Gasteiger partial charge in [0.25, 0.3) is 0 Å². The molecule has 0 radical (unpaired) electrons. The number of aromatic carboxylic acids is 1. The van der Waals surface area contributed by atoms with Gasteiger partial charge in [-0.25, -0.2) is 9.59 Å². The number of nitrogens with zero attached hydrogens (tertiary/aromatic N) is 1. The molecule has 0 aliphatic heterocycles. The van der Waals surface area contributed by atoms with E-state index in [-0.39, 0.29) is 29.1 Å². The van der Waals surface area contributed by atoms with E-state index in [2.05, 4.69) is 5.32 Å². The van der Waals surface area contributed by atoms with Gasteiger partial charge in [-0.3, -0.25) is 0 Å². The number of phenols is 1. The minimum Gasteiger partial charge on any atom is -0.506 e. The second-order valence-corrected chi connectivity index (χ2v) is 4.31. The Bertz CT molecular complexity index is 497. The van der Waals surface area contributed by atoms with Crippen LogP contribution in [-0.4, -0.2) is 40.2 Å². The molecule has 0 saturated heterocycles. The van der Waals surface area contributed by atoms with Crippen LogP contribution in [-0.2, 0) is 0 Å². The molecule has 1 aliphatic rings. The average Bonchev–Trinajstić information content (AvgIpc) is 3.14. The third-order valence-electron chi connectivity index (χ3n) is 2.90. The highest BCUT2D eigenvalue weighted by atomic mass is 16.4. The van der Waals surface area contributed by atoms with Crippen molar-refractivity contribution in [2.45, 2.75) is 18.9 Å². The predicted molar refractivity (Wildman–Crippen MR) is 64.9 cm³/mol. The van der Waals surface area contributed by atoms with Gasteiger partial charge in [-0.1, -0.05) is 0 Å². The monoisotopic (exact) mass is 250 g/mol. The van der Waals surface area contributed by atoms with Crippen molar-refractivity contribution in [3.63, 3.8) is 0 Å². The summed E-state index contributed by atoms with van der Waals surface area (Å²) < 4.78 is 0. The van der Waals surface area contributed by atoms with E-state index in [0.717, 1.165) is 18.9 Å². The van der Waals surface area contributed by atoms with Crippen LogP contribution in [0.15, 0.2) is 18.2 Å². The second kappa shape index (κ2) is 4.56. The third kappa shape index (κ3) is 2.53. The smallest absolute Gasteiger partial charge is 0.335 e. The van der Waals surface area contributed by atoms with Gasteiger partial charge in [0, 0.05) is 13.1 Å². The molecule has 96 valence electrons. The van der Waals surface area contributed by atoms with Crippen LogP contribution in [0.2, 0.25) is 0 Å². The molecule has 6 nitrogen and oxygen atoms in total. The second-order valence-electron chi connectivity index (χ2n) is 4.31. The summed E-state index contributed by atoms with van der Waals surface area (Å²) in [5.41, 5.74) is 0.179. The van der Waals surface area contributed by atoms with Crippen LogP contribution in [0.3, 0.4) is 0 Å². The van der Waals surface area contributed by atoms with Gasteiger partial charge in [-0.2, -0.15) is 0 Å². The Balaban J connectivity index is 2.09. The molecule has 0 unspecified atom stereocenters. The number of urea groups is 1. The van der Waals surface area contributed by atoms with E-state index >= 15 is 0 Å². The van der Waals surface area contributed by atoms with Crippen molar-refractivity contribution in [1.82, 2.24) is 4.90 Å². The molecular weight excluding hydrogens is 236 g/mol. The summed E-state index contributed by atoms with van der Waals surface area (Å²) in [6.07, 6.45) is 1.99. The summed E-state index contributed by atoms with van der Waals surface area (Å²) in [5.74, 6) is -1.38. The predicted octanol–water partition coefficient (Wildman–Crippen LogP) is 1.72. The molecular formula is C12H14N2O4. The number of hydrogen-bond acceptors (Lipinski definition) is 3. The molecule has 1 aromatic rings. The number of carbonyl (C=O) groups excluding carboxylic acids is 1. The van der Waals surface area contributed by atoms with E-state index in [1.54, 1.807) is 11.9 Å². The normalized spacial score (nSPS) is 14.1. The lowest BCUT2D eigenvalue weighted by atomic mass is 10.2. The Morgan fingerprint density at radius 3 is 2.56 bits per heavy atom. The maximum Gasteiger partial charge on any atom is 0.335 e. The number of amides is 2. The fourth-order valence-electron chi connectivity index (χ4n) is 1.60. The van der Waals surface area contributed by atoms with E-state index in [4.69, 9.17) is 5.11 Å². The lowest BCUT2D eigenvalue weighted by Crippen LogP contribution is -2.33. The molecule has 0 bridgehead atoms. The molecule has 0 aromatic heterocycles. The molecule has 0 atom stereocenters. The van der Waals surface area contributed by atoms with Gasteiger partial charge in [-0.15, -0.1) is 0 Å². The Kier molecular flexibility index (Phi) is 3.10. The van der Waals surface area contributed by atoms with Crippen LogP contribution in [0.5, 0.6) is 5.75 Å². The summed E-state index contributed by atoms with van der Waals surface area (Å²) in [5, 5.41) is 20.9. The quantitative estimate of drug-likeness (QED) is 0.712. The summed E-state index contributed by atoms with van der Waals surface area (Å²) in [6.45, 7) is 0. The molecule has 1 aromatic carbocycles. The van der Waals surface area contributed by atoms with Crippen LogP contribution in [0.25, 0.3) is 0 Å². The standard InChI is InChI=1S/C12H14N2O4/c1-14(8-3-4-8)12(18)13-9-5-2-7(11(16)17)6-10(9)15/h2,5-6,8,15H,3-4H2,1H3,(H,13,18)(H,16,17). The summed E-state index contributed by atoms with van der Waals surface area (Å²) in [6, 6.07) is 3.77. The van der Waals surface area contributed by atoms with Crippen LogP contribution < -0.4 is 5.32 Å². The van der Waals surface area contributed by atoms with Gasteiger partial charge in [0.1, 0.15) is 5.75 Å². The zero-order valence-corrected chi connectivity index (χ0v) is 9.88. The highest BCUT2D eigenvalue weighted by molar-refractivity contribution is 5.93. The average molecular weight is 250 g/mol. The molecule has 1 aliphatic carbocycles. The van der Waals surface area contributed by atoms with Crippen molar-refractivity contribution in [2.24, 2.45) is 0 Å². The zero-order valence-electron chi connectivity index (χ0n) is 9.88. The third-order valence-corrected chi connectivity index (χ3v) is 2.90. The molecule has 18 heavy (non-hydrogen) atoms. The number of anilines is 1. The van der Waals surface area contributed by atoms with Gasteiger partial charge in [0.05, 0.1) is 11.3 Å². The number of hydrogen-bond donors (Lipinski definition) is 3. The van der Waals surface area contributed by atoms with E-state index < -0.39 is 5.97 Å². The van der Waals surface area contributed by atoms with Crippen LogP contribution >= 0.6 is 0 Å². The molecule has 2 amide bonds. The Labute approximate surface area is 104 Å². The molecule has 0 heterocycles. The highest BCUT2D eigenvalue weighted by Gasteiger charge is 2.29. The fourth-order valence-corrected chi connectivity index (χ4v) is 1.60. The minimum atomic E-state index is -1.13. The van der Waals surface area contributed by atoms with Gasteiger partial charge in [0.15, 0.2) is 0 Å². The first-order chi connectivity index (χ1) is 8.49. The van der Waals surface area contributed by atoms with Gasteiger partial charge in [-0.05, 0) is 31.0 Å². The van der Waals surface area contributed by atoms with E-state index in [1.165, 1.54) is 12.1 Å². The number of phenolic OH excluding ortho intramolecular Hbond substituents is 1. The summed E-state index contributed by atoms with van der Waals surface area (Å²) >= 11 is 0. The lowest BCUT2D eigenvalue weighted by molar-refractivity contribution is 0.0696. The van der Waals surface area contributed by atoms with Crippen molar-refractivity contribution in [2.75, 3.05) is 12.4 Å². The van der Waals surface area contributed by atoms with Gasteiger partial charge >= 0.3 is 12.0 Å². The van der Waals surface area contributed by atoms with E-state index in [9.17, 15) is 14.7 Å².